The first-order valence-electron chi connectivity index (χ1n) is 13.0. The molecule has 3 heteroatoms. The van der Waals surface area contributed by atoms with Crippen LogP contribution in [0.4, 0.5) is 0 Å². The van der Waals surface area contributed by atoms with Gasteiger partial charge in [0.25, 0.3) is 0 Å². The first kappa shape index (κ1) is 26.2. The monoisotopic (exact) mass is 467 g/mol. The Balaban J connectivity index is 1.61. The smallest absolute Gasteiger partial charge is 0.343 e. The number of esters is 1. The van der Waals surface area contributed by atoms with E-state index in [1.54, 1.807) is 18.2 Å². The van der Waals surface area contributed by atoms with Crippen LogP contribution in [-0.2, 0) is 12.8 Å². The second kappa shape index (κ2) is 13.5. The molecule has 0 saturated heterocycles. The number of hydrogen-bond donors (Lipinski definition) is 0. The standard InChI is InChI=1S/C32H37NO2/c1-4-6-7-8-9-26-14-21-31(30(22-26)23-33)35-32(34)29-19-17-28(18-20-29)27-15-12-25(13-16-27)11-10-24(3)5-2/h12-22,24H,4-11H2,1-3H3. The number of benzene rings is 3. The molecule has 0 fully saturated rings. The van der Waals surface area contributed by atoms with Crippen LogP contribution in [0.2, 0.25) is 0 Å². The molecule has 3 nitrogen and oxygen atoms in total. The van der Waals surface area contributed by atoms with Gasteiger partial charge in [-0.05, 0) is 78.1 Å². The molecule has 0 radical (unpaired) electrons. The molecule has 0 aliphatic heterocycles. The lowest BCUT2D eigenvalue weighted by atomic mass is 9.97. The summed E-state index contributed by atoms with van der Waals surface area (Å²) in [4.78, 5) is 12.7. The van der Waals surface area contributed by atoms with Crippen molar-refractivity contribution >= 4 is 5.97 Å². The van der Waals surface area contributed by atoms with Crippen molar-refractivity contribution in [2.24, 2.45) is 5.92 Å². The number of ether oxygens (including phenoxy) is 1. The van der Waals surface area contributed by atoms with Crippen molar-refractivity contribution in [2.75, 3.05) is 0 Å². The molecule has 0 heterocycles. The molecule has 182 valence electrons. The van der Waals surface area contributed by atoms with E-state index in [2.05, 4.69) is 51.1 Å². The third kappa shape index (κ3) is 7.82. The van der Waals surface area contributed by atoms with Crippen LogP contribution >= 0.6 is 0 Å². The van der Waals surface area contributed by atoms with Crippen molar-refractivity contribution in [3.63, 3.8) is 0 Å². The Kier molecular flexibility index (Phi) is 10.1. The Hall–Kier alpha value is -3.38. The minimum atomic E-state index is -0.455. The summed E-state index contributed by atoms with van der Waals surface area (Å²) in [5.41, 5.74) is 5.50. The molecule has 0 aliphatic rings. The zero-order valence-electron chi connectivity index (χ0n) is 21.3. The van der Waals surface area contributed by atoms with Gasteiger partial charge in [0.1, 0.15) is 11.8 Å². The topological polar surface area (TPSA) is 50.1 Å². The van der Waals surface area contributed by atoms with Crippen molar-refractivity contribution in [3.8, 4) is 22.9 Å². The molecule has 0 spiro atoms. The molecule has 0 aromatic heterocycles. The van der Waals surface area contributed by atoms with E-state index in [-0.39, 0.29) is 0 Å². The number of carbonyl (C=O) groups excluding carboxylic acids is 1. The summed E-state index contributed by atoms with van der Waals surface area (Å²) >= 11 is 0. The van der Waals surface area contributed by atoms with Gasteiger partial charge >= 0.3 is 5.97 Å². The lowest BCUT2D eigenvalue weighted by Crippen LogP contribution is -2.09. The zero-order valence-corrected chi connectivity index (χ0v) is 21.3. The van der Waals surface area contributed by atoms with Crippen LogP contribution in [0.5, 0.6) is 5.75 Å². The van der Waals surface area contributed by atoms with Gasteiger partial charge in [-0.2, -0.15) is 5.26 Å². The zero-order chi connectivity index (χ0) is 25.0. The van der Waals surface area contributed by atoms with Gasteiger partial charge in [-0.1, -0.05) is 88.9 Å². The number of unbranched alkanes of at least 4 members (excludes halogenated alkanes) is 3. The summed E-state index contributed by atoms with van der Waals surface area (Å²) in [6.45, 7) is 6.73. The van der Waals surface area contributed by atoms with Crippen LogP contribution in [0.15, 0.2) is 66.7 Å². The molecule has 1 unspecified atom stereocenters. The van der Waals surface area contributed by atoms with Crippen LogP contribution in [0, 0.1) is 17.2 Å². The number of nitrogens with zero attached hydrogens (tertiary/aromatic N) is 1. The van der Waals surface area contributed by atoms with Gasteiger partial charge in [0.2, 0.25) is 0 Å². The quantitative estimate of drug-likeness (QED) is 0.152. The molecule has 3 rings (SSSR count). The summed E-state index contributed by atoms with van der Waals surface area (Å²) in [7, 11) is 0. The second-order valence-corrected chi connectivity index (χ2v) is 9.47. The predicted octanol–water partition coefficient (Wildman–Crippen LogP) is 8.55. The van der Waals surface area contributed by atoms with Crippen molar-refractivity contribution < 1.29 is 9.53 Å². The molecule has 0 saturated carbocycles. The van der Waals surface area contributed by atoms with Gasteiger partial charge in [-0.25, -0.2) is 4.79 Å². The van der Waals surface area contributed by atoms with E-state index in [1.807, 2.05) is 24.3 Å². The lowest BCUT2D eigenvalue weighted by Gasteiger charge is -2.10. The van der Waals surface area contributed by atoms with E-state index in [0.29, 0.717) is 16.9 Å². The third-order valence-electron chi connectivity index (χ3n) is 6.72. The molecular formula is C32H37NO2. The maximum atomic E-state index is 12.7. The third-order valence-corrected chi connectivity index (χ3v) is 6.72. The van der Waals surface area contributed by atoms with Gasteiger partial charge < -0.3 is 4.74 Å². The molecule has 35 heavy (non-hydrogen) atoms. The summed E-state index contributed by atoms with van der Waals surface area (Å²) in [5.74, 6) is 0.607. The molecule has 3 aromatic rings. The Morgan fingerprint density at radius 1 is 0.857 bits per heavy atom. The first-order valence-corrected chi connectivity index (χ1v) is 13.0. The molecule has 1 atom stereocenters. The summed E-state index contributed by atoms with van der Waals surface area (Å²) < 4.78 is 5.58. The molecule has 0 aliphatic carbocycles. The number of nitriles is 1. The molecule has 0 N–H and O–H groups in total. The van der Waals surface area contributed by atoms with E-state index in [0.717, 1.165) is 41.9 Å². The molecular weight excluding hydrogens is 430 g/mol. The van der Waals surface area contributed by atoms with Gasteiger partial charge in [-0.3, -0.25) is 0 Å². The van der Waals surface area contributed by atoms with Crippen molar-refractivity contribution in [1.29, 1.82) is 5.26 Å². The summed E-state index contributed by atoms with van der Waals surface area (Å²) in [6, 6.07) is 23.8. The fourth-order valence-electron chi connectivity index (χ4n) is 4.10. The second-order valence-electron chi connectivity index (χ2n) is 9.47. The SMILES string of the molecule is CCCCCCc1ccc(OC(=O)c2ccc(-c3ccc(CCC(C)CC)cc3)cc2)c(C#N)c1. The van der Waals surface area contributed by atoms with Crippen LogP contribution in [0.3, 0.4) is 0 Å². The largest absolute Gasteiger partial charge is 0.422 e. The fourth-order valence-corrected chi connectivity index (χ4v) is 4.10. The maximum Gasteiger partial charge on any atom is 0.343 e. The Morgan fingerprint density at radius 3 is 2.14 bits per heavy atom. The van der Waals surface area contributed by atoms with Gasteiger partial charge in [0.05, 0.1) is 11.1 Å². The van der Waals surface area contributed by atoms with E-state index >= 15 is 0 Å². The molecule has 0 amide bonds. The Labute approximate surface area is 210 Å². The summed E-state index contributed by atoms with van der Waals surface area (Å²) in [5, 5.41) is 9.55. The van der Waals surface area contributed by atoms with Crippen molar-refractivity contribution in [1.82, 2.24) is 0 Å². The Bertz CT molecular complexity index is 1120. The normalized spacial score (nSPS) is 11.6. The van der Waals surface area contributed by atoms with Crippen molar-refractivity contribution in [2.45, 2.75) is 72.1 Å². The minimum Gasteiger partial charge on any atom is -0.422 e. The van der Waals surface area contributed by atoms with Crippen LogP contribution in [0.1, 0.15) is 86.3 Å². The number of carbonyl (C=O) groups is 1. The van der Waals surface area contributed by atoms with Crippen LogP contribution < -0.4 is 4.74 Å². The number of aryl methyl sites for hydroxylation is 2. The highest BCUT2D eigenvalue weighted by Gasteiger charge is 2.13. The van der Waals surface area contributed by atoms with Gasteiger partial charge in [0.15, 0.2) is 0 Å². The van der Waals surface area contributed by atoms with E-state index in [1.165, 1.54) is 37.7 Å². The minimum absolute atomic E-state index is 0.312. The Morgan fingerprint density at radius 2 is 1.51 bits per heavy atom. The highest BCUT2D eigenvalue weighted by molar-refractivity contribution is 5.92. The number of rotatable bonds is 12. The van der Waals surface area contributed by atoms with E-state index in [9.17, 15) is 10.1 Å². The molecule has 3 aromatic carbocycles. The molecule has 0 bridgehead atoms. The fraction of sp³-hybridized carbons (Fsp3) is 0.375. The van der Waals surface area contributed by atoms with E-state index in [4.69, 9.17) is 4.74 Å². The van der Waals surface area contributed by atoms with Crippen LogP contribution in [0.25, 0.3) is 11.1 Å². The first-order chi connectivity index (χ1) is 17.0. The van der Waals surface area contributed by atoms with E-state index < -0.39 is 5.97 Å². The van der Waals surface area contributed by atoms with Crippen LogP contribution in [-0.4, -0.2) is 5.97 Å². The predicted molar refractivity (Wildman–Crippen MR) is 144 cm³/mol. The average Bonchev–Trinajstić information content (AvgIpc) is 2.90. The highest BCUT2D eigenvalue weighted by atomic mass is 16.5. The average molecular weight is 468 g/mol. The van der Waals surface area contributed by atoms with Gasteiger partial charge in [0, 0.05) is 0 Å². The van der Waals surface area contributed by atoms with Crippen molar-refractivity contribution in [3.05, 3.63) is 89.0 Å². The maximum absolute atomic E-state index is 12.7. The highest BCUT2D eigenvalue weighted by Crippen LogP contribution is 2.24. The lowest BCUT2D eigenvalue weighted by molar-refractivity contribution is 0.0734. The van der Waals surface area contributed by atoms with Gasteiger partial charge in [-0.15, -0.1) is 0 Å². The number of hydrogen-bond acceptors (Lipinski definition) is 3. The summed E-state index contributed by atoms with van der Waals surface area (Å²) in [6.07, 6.45) is 9.18.